The van der Waals surface area contributed by atoms with Gasteiger partial charge in [-0.05, 0) is 29.8 Å². The molecule has 0 bridgehead atoms. The fraction of sp³-hybridized carbons (Fsp3) is 0.0833. The number of carbonyl (C=O) groups is 3. The highest BCUT2D eigenvalue weighted by molar-refractivity contribution is 6.38. The van der Waals surface area contributed by atoms with Crippen molar-refractivity contribution < 1.29 is 19.2 Å². The zero-order chi connectivity index (χ0) is 21.4. The minimum absolute atomic E-state index is 0.134. The number of hydroxylamine groups is 2. The maximum Gasteiger partial charge on any atom is 0.379 e. The molecule has 5 rings (SSSR count). The van der Waals surface area contributed by atoms with E-state index in [-0.39, 0.29) is 29.3 Å². The zero-order valence-corrected chi connectivity index (χ0v) is 16.3. The van der Waals surface area contributed by atoms with E-state index in [9.17, 15) is 14.4 Å². The summed E-state index contributed by atoms with van der Waals surface area (Å²) in [5.74, 6) is -2.15. The molecule has 3 aromatic rings. The molecule has 0 aromatic heterocycles. The minimum Gasteiger partial charge on any atom is -0.323 e. The van der Waals surface area contributed by atoms with Crippen LogP contribution in [0.4, 0.5) is 5.69 Å². The summed E-state index contributed by atoms with van der Waals surface area (Å²) in [5, 5.41) is 6.75. The van der Waals surface area contributed by atoms with Gasteiger partial charge in [0, 0.05) is 6.42 Å². The Morgan fingerprint density at radius 2 is 1.35 bits per heavy atom. The van der Waals surface area contributed by atoms with E-state index in [1.54, 1.807) is 17.1 Å². The van der Waals surface area contributed by atoms with Crippen LogP contribution >= 0.6 is 0 Å². The molecule has 3 aromatic carbocycles. The molecular formula is C24H17N3O4. The molecule has 0 spiro atoms. The fourth-order valence-corrected chi connectivity index (χ4v) is 3.77. The number of benzene rings is 3. The van der Waals surface area contributed by atoms with Gasteiger partial charge in [-0.3, -0.25) is 14.6 Å². The van der Waals surface area contributed by atoms with Gasteiger partial charge in [0.1, 0.15) is 0 Å². The van der Waals surface area contributed by atoms with Crippen LogP contribution in [0.3, 0.4) is 0 Å². The Balaban J connectivity index is 1.42. The highest BCUT2D eigenvalue weighted by Crippen LogP contribution is 2.35. The van der Waals surface area contributed by atoms with Gasteiger partial charge in [0.2, 0.25) is 0 Å². The van der Waals surface area contributed by atoms with Gasteiger partial charge in [0.15, 0.2) is 5.71 Å². The lowest BCUT2D eigenvalue weighted by Gasteiger charge is -2.23. The normalized spacial score (nSPS) is 17.5. The number of carbonyl (C=O) groups excluding carboxylic acids is 3. The quantitative estimate of drug-likeness (QED) is 0.611. The van der Waals surface area contributed by atoms with Crippen LogP contribution in [0.1, 0.15) is 38.7 Å². The summed E-state index contributed by atoms with van der Waals surface area (Å²) in [5.41, 5.74) is 2.36. The molecule has 0 saturated carbocycles. The number of imide groups is 1. The molecule has 7 nitrogen and oxygen atoms in total. The van der Waals surface area contributed by atoms with Gasteiger partial charge >= 0.3 is 5.97 Å². The number of hydrogen-bond donors (Lipinski definition) is 0. The predicted molar refractivity (Wildman–Crippen MR) is 113 cm³/mol. The third kappa shape index (κ3) is 3.26. The third-order valence-corrected chi connectivity index (χ3v) is 5.28. The van der Waals surface area contributed by atoms with Crippen LogP contribution in [0.15, 0.2) is 90.0 Å². The average molecular weight is 411 g/mol. The molecule has 1 unspecified atom stereocenters. The summed E-state index contributed by atoms with van der Waals surface area (Å²) in [4.78, 5) is 43.1. The van der Waals surface area contributed by atoms with Crippen molar-refractivity contribution in [1.82, 2.24) is 5.06 Å². The Bertz CT molecular complexity index is 1170. The third-order valence-electron chi connectivity index (χ3n) is 5.28. The second-order valence-electron chi connectivity index (χ2n) is 7.19. The SMILES string of the molecule is O=C(ON1C(=O)c2ccccc2C1=O)C1=NN(c2ccccc2)C(c2ccccc2)C1. The Morgan fingerprint density at radius 1 is 0.806 bits per heavy atom. The first-order chi connectivity index (χ1) is 15.1. The van der Waals surface area contributed by atoms with Gasteiger partial charge in [0.05, 0.1) is 22.9 Å². The molecule has 0 fully saturated rings. The molecule has 2 aliphatic rings. The molecule has 0 saturated heterocycles. The number of nitrogens with zero attached hydrogens (tertiary/aromatic N) is 3. The van der Waals surface area contributed by atoms with Crippen molar-refractivity contribution in [2.24, 2.45) is 5.10 Å². The number of para-hydroxylation sites is 1. The standard InChI is InChI=1S/C24H17N3O4/c28-22-18-13-7-8-14-19(18)23(29)27(22)31-24(30)20-15-21(16-9-3-1-4-10-16)26(25-20)17-11-5-2-6-12-17/h1-14,21H,15H2. The summed E-state index contributed by atoms with van der Waals surface area (Å²) in [6, 6.07) is 25.3. The molecule has 0 aliphatic carbocycles. The number of anilines is 1. The molecule has 2 aliphatic heterocycles. The maximum absolute atomic E-state index is 12.9. The van der Waals surface area contributed by atoms with Crippen LogP contribution in [0.5, 0.6) is 0 Å². The van der Waals surface area contributed by atoms with Crippen molar-refractivity contribution >= 4 is 29.2 Å². The number of fused-ring (bicyclic) bond motifs is 1. The highest BCUT2D eigenvalue weighted by atomic mass is 16.7. The van der Waals surface area contributed by atoms with E-state index in [2.05, 4.69) is 5.10 Å². The fourth-order valence-electron chi connectivity index (χ4n) is 3.77. The average Bonchev–Trinajstić information content (AvgIpc) is 3.37. The molecule has 0 radical (unpaired) electrons. The Kier molecular flexibility index (Phi) is 4.55. The predicted octanol–water partition coefficient (Wildman–Crippen LogP) is 3.75. The molecule has 7 heteroatoms. The van der Waals surface area contributed by atoms with Crippen molar-refractivity contribution in [3.05, 3.63) is 102 Å². The summed E-state index contributed by atoms with van der Waals surface area (Å²) in [6.45, 7) is 0. The smallest absolute Gasteiger partial charge is 0.323 e. The van der Waals surface area contributed by atoms with Gasteiger partial charge in [-0.2, -0.15) is 5.10 Å². The summed E-state index contributed by atoms with van der Waals surface area (Å²) >= 11 is 0. The van der Waals surface area contributed by atoms with E-state index in [1.165, 1.54) is 12.1 Å². The van der Waals surface area contributed by atoms with Gasteiger partial charge in [-0.25, -0.2) is 4.79 Å². The van der Waals surface area contributed by atoms with Gasteiger partial charge < -0.3 is 4.84 Å². The molecule has 152 valence electrons. The molecule has 2 amide bonds. The van der Waals surface area contributed by atoms with Crippen LogP contribution in [0.25, 0.3) is 0 Å². The first-order valence-electron chi connectivity index (χ1n) is 9.80. The van der Waals surface area contributed by atoms with Crippen LogP contribution in [0, 0.1) is 0 Å². The summed E-state index contributed by atoms with van der Waals surface area (Å²) in [7, 11) is 0. The largest absolute Gasteiger partial charge is 0.379 e. The summed E-state index contributed by atoms with van der Waals surface area (Å²) < 4.78 is 0. The van der Waals surface area contributed by atoms with Crippen LogP contribution in [-0.2, 0) is 9.63 Å². The van der Waals surface area contributed by atoms with Crippen LogP contribution in [-0.4, -0.2) is 28.6 Å². The van der Waals surface area contributed by atoms with E-state index >= 15 is 0 Å². The second kappa shape index (κ2) is 7.53. The van der Waals surface area contributed by atoms with E-state index < -0.39 is 17.8 Å². The van der Waals surface area contributed by atoms with Crippen molar-refractivity contribution in [2.75, 3.05) is 5.01 Å². The number of hydrogen-bond acceptors (Lipinski definition) is 6. The van der Waals surface area contributed by atoms with Crippen LogP contribution in [0.2, 0.25) is 0 Å². The molecule has 1 atom stereocenters. The summed E-state index contributed by atoms with van der Waals surface area (Å²) in [6.07, 6.45) is 0.279. The molecule has 0 N–H and O–H groups in total. The Hall–Kier alpha value is -4.26. The molecular weight excluding hydrogens is 394 g/mol. The van der Waals surface area contributed by atoms with Gasteiger partial charge in [0.25, 0.3) is 11.8 Å². The first kappa shape index (κ1) is 18.7. The number of hydrazone groups is 1. The minimum atomic E-state index is -0.825. The van der Waals surface area contributed by atoms with E-state index in [4.69, 9.17) is 4.84 Å². The van der Waals surface area contributed by atoms with Crippen molar-refractivity contribution in [2.45, 2.75) is 12.5 Å². The second-order valence-corrected chi connectivity index (χ2v) is 7.19. The van der Waals surface area contributed by atoms with Crippen molar-refractivity contribution in [1.29, 1.82) is 0 Å². The van der Waals surface area contributed by atoms with Crippen molar-refractivity contribution in [3.8, 4) is 0 Å². The number of rotatable bonds is 4. The topological polar surface area (TPSA) is 79.3 Å². The Morgan fingerprint density at radius 3 is 1.97 bits per heavy atom. The van der Waals surface area contributed by atoms with E-state index in [0.29, 0.717) is 5.06 Å². The zero-order valence-electron chi connectivity index (χ0n) is 16.3. The lowest BCUT2D eigenvalue weighted by Crippen LogP contribution is -2.35. The monoisotopic (exact) mass is 411 g/mol. The van der Waals surface area contributed by atoms with Crippen molar-refractivity contribution in [3.63, 3.8) is 0 Å². The van der Waals surface area contributed by atoms with Crippen LogP contribution < -0.4 is 5.01 Å². The maximum atomic E-state index is 12.9. The number of amides is 2. The molecule has 31 heavy (non-hydrogen) atoms. The van der Waals surface area contributed by atoms with E-state index in [1.807, 2.05) is 60.7 Å². The Labute approximate surface area is 178 Å². The lowest BCUT2D eigenvalue weighted by molar-refractivity contribution is -0.159. The van der Waals surface area contributed by atoms with Gasteiger partial charge in [-0.1, -0.05) is 65.7 Å². The molecule has 2 heterocycles. The lowest BCUT2D eigenvalue weighted by atomic mass is 10.0. The highest BCUT2D eigenvalue weighted by Gasteiger charge is 2.41. The van der Waals surface area contributed by atoms with Gasteiger partial charge in [-0.15, -0.1) is 0 Å². The first-order valence-corrected chi connectivity index (χ1v) is 9.80. The van der Waals surface area contributed by atoms with E-state index in [0.717, 1.165) is 11.3 Å².